The van der Waals surface area contributed by atoms with Crippen LogP contribution in [0.3, 0.4) is 0 Å². The quantitative estimate of drug-likeness (QED) is 0.754. The minimum absolute atomic E-state index is 0.278. The Morgan fingerprint density at radius 1 is 0.947 bits per heavy atom. The number of carbonyl (C=O) groups excluding carboxylic acids is 1. The number of methoxy groups -OCH3 is 1. The van der Waals surface area contributed by atoms with Gasteiger partial charge >= 0.3 is 0 Å². The molecule has 0 amide bonds. The van der Waals surface area contributed by atoms with E-state index in [1.165, 1.54) is 13.2 Å². The molecule has 5 heteroatoms. The first kappa shape index (κ1) is 14.2. The van der Waals surface area contributed by atoms with Crippen molar-refractivity contribution in [3.05, 3.63) is 62.6 Å². The maximum atomic E-state index is 12.4. The number of carbonyl (C=O) groups is 1. The van der Waals surface area contributed by atoms with Crippen molar-refractivity contribution in [1.29, 1.82) is 0 Å². The normalized spacial score (nSPS) is 10.3. The molecule has 0 aliphatic carbocycles. The van der Waals surface area contributed by atoms with Crippen LogP contribution in [0.25, 0.3) is 0 Å². The van der Waals surface area contributed by atoms with Gasteiger partial charge in [-0.05, 0) is 36.4 Å². The molecule has 0 atom stereocenters. The molecule has 0 N–H and O–H groups in total. The van der Waals surface area contributed by atoms with Gasteiger partial charge in [0.05, 0.1) is 17.2 Å². The molecule has 2 aromatic rings. The number of ether oxygens (including phenoxy) is 1. The predicted octanol–water partition coefficient (Wildman–Crippen LogP) is 4.89. The van der Waals surface area contributed by atoms with Crippen LogP contribution in [-0.4, -0.2) is 12.9 Å². The van der Waals surface area contributed by atoms with E-state index in [9.17, 15) is 4.79 Å². The summed E-state index contributed by atoms with van der Waals surface area (Å²) in [6.07, 6.45) is 0. The molecule has 0 saturated heterocycles. The number of hydrogen-bond acceptors (Lipinski definition) is 2. The molecule has 2 aromatic carbocycles. The van der Waals surface area contributed by atoms with Gasteiger partial charge in [0, 0.05) is 16.1 Å². The highest BCUT2D eigenvalue weighted by Gasteiger charge is 2.16. The van der Waals surface area contributed by atoms with Crippen molar-refractivity contribution in [1.82, 2.24) is 0 Å². The fraction of sp³-hybridized carbons (Fsp3) is 0.0714. The third-order valence-corrected chi connectivity index (χ3v) is 3.47. The van der Waals surface area contributed by atoms with Gasteiger partial charge in [0.25, 0.3) is 0 Å². The summed E-state index contributed by atoms with van der Waals surface area (Å²) in [5, 5.41) is 1.08. The molecule has 2 rings (SSSR count). The fourth-order valence-corrected chi connectivity index (χ4v) is 2.26. The largest absolute Gasteiger partial charge is 0.497 e. The van der Waals surface area contributed by atoms with Crippen molar-refractivity contribution in [3.63, 3.8) is 0 Å². The van der Waals surface area contributed by atoms with Crippen LogP contribution in [0, 0.1) is 0 Å². The Morgan fingerprint density at radius 2 is 1.68 bits per heavy atom. The highest BCUT2D eigenvalue weighted by atomic mass is 35.5. The molecule has 0 unspecified atom stereocenters. The Hall–Kier alpha value is -1.22. The monoisotopic (exact) mass is 314 g/mol. The number of rotatable bonds is 3. The highest BCUT2D eigenvalue weighted by Crippen LogP contribution is 2.28. The molecule has 0 bridgehead atoms. The third kappa shape index (κ3) is 3.03. The van der Waals surface area contributed by atoms with Crippen molar-refractivity contribution in [2.24, 2.45) is 0 Å². The van der Waals surface area contributed by atoms with Gasteiger partial charge in [-0.25, -0.2) is 0 Å². The Bertz CT molecular complexity index is 639. The summed E-state index contributed by atoms with van der Waals surface area (Å²) in [6, 6.07) is 9.56. The van der Waals surface area contributed by atoms with Crippen LogP contribution in [0.1, 0.15) is 15.9 Å². The van der Waals surface area contributed by atoms with Crippen molar-refractivity contribution < 1.29 is 9.53 Å². The van der Waals surface area contributed by atoms with E-state index in [1.54, 1.807) is 30.3 Å². The summed E-state index contributed by atoms with van der Waals surface area (Å²) in [5.74, 6) is 0.305. The van der Waals surface area contributed by atoms with Crippen molar-refractivity contribution in [3.8, 4) is 5.75 Å². The van der Waals surface area contributed by atoms with Gasteiger partial charge in [0.1, 0.15) is 5.75 Å². The summed E-state index contributed by atoms with van der Waals surface area (Å²) >= 11 is 17.9. The van der Waals surface area contributed by atoms with Crippen LogP contribution < -0.4 is 4.74 Å². The first-order chi connectivity index (χ1) is 9.02. The number of benzene rings is 2. The molecule has 0 heterocycles. The second-order valence-corrected chi connectivity index (χ2v) is 5.05. The van der Waals surface area contributed by atoms with Gasteiger partial charge in [-0.3, -0.25) is 4.79 Å². The SMILES string of the molecule is COc1ccc(C(=O)c2cc(Cl)ccc2Cl)c(Cl)c1. The summed E-state index contributed by atoms with van der Waals surface area (Å²) in [7, 11) is 1.53. The Balaban J connectivity index is 2.47. The van der Waals surface area contributed by atoms with Crippen LogP contribution in [-0.2, 0) is 0 Å². The van der Waals surface area contributed by atoms with Gasteiger partial charge in [-0.15, -0.1) is 0 Å². The van der Waals surface area contributed by atoms with E-state index >= 15 is 0 Å². The lowest BCUT2D eigenvalue weighted by molar-refractivity contribution is 0.103. The lowest BCUT2D eigenvalue weighted by atomic mass is 10.0. The Morgan fingerprint density at radius 3 is 2.32 bits per heavy atom. The maximum Gasteiger partial charge on any atom is 0.196 e. The Labute approximate surface area is 125 Å². The highest BCUT2D eigenvalue weighted by molar-refractivity contribution is 6.39. The summed E-state index contributed by atoms with van der Waals surface area (Å²) < 4.78 is 5.04. The minimum atomic E-state index is -0.278. The zero-order valence-electron chi connectivity index (χ0n) is 9.91. The fourth-order valence-electron chi connectivity index (χ4n) is 1.62. The molecule has 2 nitrogen and oxygen atoms in total. The van der Waals surface area contributed by atoms with Gasteiger partial charge in [0.15, 0.2) is 5.78 Å². The van der Waals surface area contributed by atoms with Crippen LogP contribution in [0.15, 0.2) is 36.4 Å². The minimum Gasteiger partial charge on any atom is -0.497 e. The van der Waals surface area contributed by atoms with Gasteiger partial charge < -0.3 is 4.74 Å². The molecule has 98 valence electrons. The van der Waals surface area contributed by atoms with E-state index in [0.717, 1.165) is 0 Å². The molecule has 0 saturated carbocycles. The first-order valence-electron chi connectivity index (χ1n) is 5.36. The molecule has 19 heavy (non-hydrogen) atoms. The van der Waals surface area contributed by atoms with Gasteiger partial charge in [0.2, 0.25) is 0 Å². The standard InChI is InChI=1S/C14H9Cl3O2/c1-19-9-3-4-10(13(17)7-9)14(18)11-6-8(15)2-5-12(11)16/h2-7H,1H3. The molecule has 0 aromatic heterocycles. The topological polar surface area (TPSA) is 26.3 Å². The number of ketones is 1. The lowest BCUT2D eigenvalue weighted by Gasteiger charge is -2.07. The molecule has 0 fully saturated rings. The van der Waals surface area contributed by atoms with Crippen LogP contribution in [0.5, 0.6) is 5.75 Å². The van der Waals surface area contributed by atoms with E-state index in [2.05, 4.69) is 0 Å². The lowest BCUT2D eigenvalue weighted by Crippen LogP contribution is -2.03. The van der Waals surface area contributed by atoms with Crippen LogP contribution in [0.4, 0.5) is 0 Å². The molecular formula is C14H9Cl3O2. The predicted molar refractivity (Wildman–Crippen MR) is 77.9 cm³/mol. The smallest absolute Gasteiger partial charge is 0.196 e. The van der Waals surface area contributed by atoms with E-state index in [4.69, 9.17) is 39.5 Å². The molecular weight excluding hydrogens is 307 g/mol. The zero-order valence-corrected chi connectivity index (χ0v) is 12.2. The van der Waals surface area contributed by atoms with Gasteiger partial charge in [-0.1, -0.05) is 34.8 Å². The van der Waals surface area contributed by atoms with Crippen molar-refractivity contribution in [2.75, 3.05) is 7.11 Å². The van der Waals surface area contributed by atoms with E-state index < -0.39 is 0 Å². The molecule has 0 spiro atoms. The second kappa shape index (κ2) is 5.83. The zero-order chi connectivity index (χ0) is 14.0. The summed E-state index contributed by atoms with van der Waals surface area (Å²) in [6.45, 7) is 0. The van der Waals surface area contributed by atoms with Crippen LogP contribution >= 0.6 is 34.8 Å². The second-order valence-electron chi connectivity index (χ2n) is 3.80. The summed E-state index contributed by atoms with van der Waals surface area (Å²) in [4.78, 5) is 12.4. The maximum absolute atomic E-state index is 12.4. The molecule has 0 aliphatic heterocycles. The van der Waals surface area contributed by atoms with Crippen LogP contribution in [0.2, 0.25) is 15.1 Å². The van der Waals surface area contributed by atoms with E-state index in [1.807, 2.05) is 0 Å². The molecule has 0 radical (unpaired) electrons. The Kier molecular flexibility index (Phi) is 4.35. The van der Waals surface area contributed by atoms with Gasteiger partial charge in [-0.2, -0.15) is 0 Å². The third-order valence-electron chi connectivity index (χ3n) is 2.59. The van der Waals surface area contributed by atoms with E-state index in [-0.39, 0.29) is 5.78 Å². The average Bonchev–Trinajstić information content (AvgIpc) is 2.40. The average molecular weight is 316 g/mol. The summed E-state index contributed by atoms with van der Waals surface area (Å²) in [5.41, 5.74) is 0.674. The van der Waals surface area contributed by atoms with Crippen molar-refractivity contribution >= 4 is 40.6 Å². The molecule has 0 aliphatic rings. The number of hydrogen-bond donors (Lipinski definition) is 0. The number of halogens is 3. The first-order valence-corrected chi connectivity index (χ1v) is 6.49. The van der Waals surface area contributed by atoms with E-state index in [0.29, 0.717) is 31.9 Å². The van der Waals surface area contributed by atoms with Crippen molar-refractivity contribution in [2.45, 2.75) is 0 Å².